The first-order chi connectivity index (χ1) is 8.18. The highest BCUT2D eigenvalue weighted by Gasteiger charge is 2.17. The first kappa shape index (κ1) is 12.2. The highest BCUT2D eigenvalue weighted by Crippen LogP contribution is 2.38. The van der Waals surface area contributed by atoms with Gasteiger partial charge in [0.1, 0.15) is 0 Å². The van der Waals surface area contributed by atoms with Crippen LogP contribution < -0.4 is 9.47 Å². The lowest BCUT2D eigenvalue weighted by molar-refractivity contribution is -0.136. The number of carboxylic acids is 1. The smallest absolute Gasteiger partial charge is 0.303 e. The number of benzene rings is 1. The summed E-state index contributed by atoms with van der Waals surface area (Å²) in [6, 6.07) is 3.71. The molecule has 0 aromatic heterocycles. The molecule has 1 aliphatic heterocycles. The molecule has 0 bridgehead atoms. The summed E-state index contributed by atoms with van der Waals surface area (Å²) in [6.07, 6.45) is 1.35. The van der Waals surface area contributed by atoms with Crippen molar-refractivity contribution in [1.29, 1.82) is 0 Å². The van der Waals surface area contributed by atoms with Crippen LogP contribution in [0.1, 0.15) is 18.4 Å². The molecule has 0 fully saturated rings. The molecule has 1 aliphatic rings. The number of aliphatic carboxylic acids is 1. The maximum atomic E-state index is 10.6. The van der Waals surface area contributed by atoms with Gasteiger partial charge < -0.3 is 14.6 Å². The van der Waals surface area contributed by atoms with Gasteiger partial charge in [-0.3, -0.25) is 4.79 Å². The molecule has 0 aliphatic carbocycles. The van der Waals surface area contributed by atoms with E-state index >= 15 is 0 Å². The van der Waals surface area contributed by atoms with Crippen molar-refractivity contribution in [3.8, 4) is 11.5 Å². The van der Waals surface area contributed by atoms with Crippen LogP contribution in [-0.2, 0) is 11.2 Å². The third-order valence-corrected chi connectivity index (χ3v) is 3.29. The van der Waals surface area contributed by atoms with Crippen molar-refractivity contribution in [3.05, 3.63) is 22.2 Å². The Morgan fingerprint density at radius 2 is 2.12 bits per heavy atom. The molecule has 5 heteroatoms. The Bertz CT molecular complexity index is 431. The quantitative estimate of drug-likeness (QED) is 0.932. The van der Waals surface area contributed by atoms with Gasteiger partial charge in [-0.1, -0.05) is 15.9 Å². The van der Waals surface area contributed by atoms with Gasteiger partial charge in [0.05, 0.1) is 13.2 Å². The molecule has 92 valence electrons. The minimum absolute atomic E-state index is 0.0818. The van der Waals surface area contributed by atoms with E-state index < -0.39 is 5.97 Å². The van der Waals surface area contributed by atoms with Crippen LogP contribution in [0, 0.1) is 0 Å². The Hall–Kier alpha value is -1.23. The fourth-order valence-electron chi connectivity index (χ4n) is 1.73. The monoisotopic (exact) mass is 300 g/mol. The number of carboxylic acid groups (broad SMARTS) is 1. The lowest BCUT2D eigenvalue weighted by Crippen LogP contribution is -2.02. The normalized spacial score (nSPS) is 14.2. The second-order valence-corrected chi connectivity index (χ2v) is 4.65. The van der Waals surface area contributed by atoms with E-state index in [0.29, 0.717) is 31.1 Å². The third kappa shape index (κ3) is 2.91. The zero-order chi connectivity index (χ0) is 12.3. The molecule has 0 atom stereocenters. The van der Waals surface area contributed by atoms with Crippen molar-refractivity contribution in [2.45, 2.75) is 19.3 Å². The summed E-state index contributed by atoms with van der Waals surface area (Å²) in [5.74, 6) is 0.563. The first-order valence-electron chi connectivity index (χ1n) is 5.47. The minimum Gasteiger partial charge on any atom is -0.490 e. The van der Waals surface area contributed by atoms with Crippen LogP contribution in [0.4, 0.5) is 0 Å². The van der Waals surface area contributed by atoms with Crippen molar-refractivity contribution >= 4 is 21.9 Å². The van der Waals surface area contributed by atoms with E-state index in [-0.39, 0.29) is 6.42 Å². The summed E-state index contributed by atoms with van der Waals surface area (Å²) in [4.78, 5) is 10.6. The molecular weight excluding hydrogens is 288 g/mol. The molecule has 0 saturated heterocycles. The molecule has 0 amide bonds. The molecule has 1 N–H and O–H groups in total. The Labute approximate surface area is 108 Å². The molecule has 0 radical (unpaired) electrons. The van der Waals surface area contributed by atoms with Gasteiger partial charge in [0.25, 0.3) is 0 Å². The Morgan fingerprint density at radius 3 is 2.88 bits per heavy atom. The van der Waals surface area contributed by atoms with Gasteiger partial charge in [-0.2, -0.15) is 0 Å². The average Bonchev–Trinajstić information content (AvgIpc) is 2.52. The van der Waals surface area contributed by atoms with E-state index in [1.165, 1.54) is 0 Å². The van der Waals surface area contributed by atoms with Crippen molar-refractivity contribution in [3.63, 3.8) is 0 Å². The van der Waals surface area contributed by atoms with E-state index in [9.17, 15) is 4.79 Å². The first-order valence-corrected chi connectivity index (χ1v) is 6.26. The van der Waals surface area contributed by atoms with E-state index in [1.807, 2.05) is 12.1 Å². The number of ether oxygens (including phenoxy) is 2. The van der Waals surface area contributed by atoms with Crippen LogP contribution in [0.15, 0.2) is 16.6 Å². The van der Waals surface area contributed by atoms with Gasteiger partial charge in [-0.15, -0.1) is 0 Å². The lowest BCUT2D eigenvalue weighted by atomic mass is 10.1. The third-order valence-electron chi connectivity index (χ3n) is 2.55. The summed E-state index contributed by atoms with van der Waals surface area (Å²) >= 11 is 3.42. The SMILES string of the molecule is O=C(O)CCc1c(Br)ccc2c1OCCCO2. The molecule has 1 heterocycles. The number of carbonyl (C=O) groups is 1. The van der Waals surface area contributed by atoms with E-state index in [4.69, 9.17) is 14.6 Å². The zero-order valence-electron chi connectivity index (χ0n) is 9.24. The number of fused-ring (bicyclic) bond motifs is 1. The molecule has 0 spiro atoms. The topological polar surface area (TPSA) is 55.8 Å². The summed E-state index contributed by atoms with van der Waals surface area (Å²) in [5.41, 5.74) is 0.867. The molecule has 2 rings (SSSR count). The predicted octanol–water partition coefficient (Wildman–Crippen LogP) is 2.63. The van der Waals surface area contributed by atoms with Gasteiger partial charge in [0.15, 0.2) is 11.5 Å². The van der Waals surface area contributed by atoms with Crippen LogP contribution in [-0.4, -0.2) is 24.3 Å². The Morgan fingerprint density at radius 1 is 1.35 bits per heavy atom. The Kier molecular flexibility index (Phi) is 3.89. The molecule has 1 aromatic carbocycles. The van der Waals surface area contributed by atoms with Crippen LogP contribution in [0.3, 0.4) is 0 Å². The molecule has 4 nitrogen and oxygen atoms in total. The molecule has 1 aromatic rings. The van der Waals surface area contributed by atoms with Crippen molar-refractivity contribution in [2.24, 2.45) is 0 Å². The highest BCUT2D eigenvalue weighted by atomic mass is 79.9. The van der Waals surface area contributed by atoms with E-state index in [2.05, 4.69) is 15.9 Å². The van der Waals surface area contributed by atoms with Gasteiger partial charge >= 0.3 is 5.97 Å². The summed E-state index contributed by atoms with van der Waals surface area (Å²) < 4.78 is 12.1. The molecule has 0 saturated carbocycles. The summed E-state index contributed by atoms with van der Waals surface area (Å²) in [7, 11) is 0. The fraction of sp³-hybridized carbons (Fsp3) is 0.417. The van der Waals surface area contributed by atoms with E-state index in [1.54, 1.807) is 0 Å². The maximum Gasteiger partial charge on any atom is 0.303 e. The van der Waals surface area contributed by atoms with Crippen LogP contribution >= 0.6 is 15.9 Å². The Balaban J connectivity index is 2.31. The average molecular weight is 301 g/mol. The van der Waals surface area contributed by atoms with Gasteiger partial charge in [0, 0.05) is 22.9 Å². The second-order valence-electron chi connectivity index (χ2n) is 3.80. The number of hydrogen-bond donors (Lipinski definition) is 1. The second kappa shape index (κ2) is 5.40. The predicted molar refractivity (Wildman–Crippen MR) is 65.7 cm³/mol. The fourth-order valence-corrected chi connectivity index (χ4v) is 2.24. The summed E-state index contributed by atoms with van der Waals surface area (Å²) in [5, 5.41) is 8.74. The largest absolute Gasteiger partial charge is 0.490 e. The molecule has 17 heavy (non-hydrogen) atoms. The minimum atomic E-state index is -0.816. The van der Waals surface area contributed by atoms with Crippen molar-refractivity contribution < 1.29 is 19.4 Å². The van der Waals surface area contributed by atoms with Crippen molar-refractivity contribution in [2.75, 3.05) is 13.2 Å². The molecule has 0 unspecified atom stereocenters. The number of rotatable bonds is 3. The van der Waals surface area contributed by atoms with Gasteiger partial charge in [0.2, 0.25) is 0 Å². The van der Waals surface area contributed by atoms with Crippen molar-refractivity contribution in [1.82, 2.24) is 0 Å². The highest BCUT2D eigenvalue weighted by molar-refractivity contribution is 9.10. The van der Waals surface area contributed by atoms with E-state index in [0.717, 1.165) is 16.5 Å². The van der Waals surface area contributed by atoms with Crippen LogP contribution in [0.2, 0.25) is 0 Å². The number of hydrogen-bond acceptors (Lipinski definition) is 3. The van der Waals surface area contributed by atoms with Gasteiger partial charge in [-0.25, -0.2) is 0 Å². The lowest BCUT2D eigenvalue weighted by Gasteiger charge is -2.13. The van der Waals surface area contributed by atoms with Gasteiger partial charge in [-0.05, 0) is 18.6 Å². The summed E-state index contributed by atoms with van der Waals surface area (Å²) in [6.45, 7) is 1.23. The number of halogens is 1. The maximum absolute atomic E-state index is 10.6. The van der Waals surface area contributed by atoms with Crippen LogP contribution in [0.5, 0.6) is 11.5 Å². The van der Waals surface area contributed by atoms with Crippen LogP contribution in [0.25, 0.3) is 0 Å². The zero-order valence-corrected chi connectivity index (χ0v) is 10.8. The standard InChI is InChI=1S/C12H13BrO4/c13-9-3-4-10-12(17-7-1-6-16-10)8(9)2-5-11(14)15/h3-4H,1-2,5-7H2,(H,14,15). The molecular formula is C12H13BrO4.